The second-order valence-corrected chi connectivity index (χ2v) is 2.87. The Morgan fingerprint density at radius 3 is 2.18 bits per heavy atom. The number of amides is 1. The first-order chi connectivity index (χ1) is 5.04. The fourth-order valence-corrected chi connectivity index (χ4v) is 0.916. The highest BCUT2D eigenvalue weighted by atomic mass is 16.2. The molecule has 0 saturated heterocycles. The van der Waals surface area contributed by atoms with E-state index in [9.17, 15) is 4.79 Å². The maximum Gasteiger partial charge on any atom is 0.277 e. The molecule has 0 fully saturated rings. The monoisotopic (exact) mass is 152 g/mol. The summed E-state index contributed by atoms with van der Waals surface area (Å²) in [5.74, 6) is 0.772. The molecule has 0 aromatic heterocycles. The molecule has 3 heteroatoms. The highest BCUT2D eigenvalue weighted by Crippen LogP contribution is 2.15. The van der Waals surface area contributed by atoms with Crippen molar-refractivity contribution in [2.75, 3.05) is 7.05 Å². The molecule has 0 aromatic rings. The Kier molecular flexibility index (Phi) is 1.81. The molecule has 0 N–H and O–H groups in total. The molecule has 0 aromatic carbocycles. The van der Waals surface area contributed by atoms with Gasteiger partial charge in [-0.2, -0.15) is 0 Å². The lowest BCUT2D eigenvalue weighted by Gasteiger charge is -2.06. The fraction of sp³-hybridized carbons (Fsp3) is 0.500. The molecule has 11 heavy (non-hydrogen) atoms. The van der Waals surface area contributed by atoms with Crippen LogP contribution in [-0.4, -0.2) is 23.7 Å². The summed E-state index contributed by atoms with van der Waals surface area (Å²) in [6, 6.07) is 0. The molecule has 0 bridgehead atoms. The van der Waals surface area contributed by atoms with Gasteiger partial charge in [0.2, 0.25) is 0 Å². The van der Waals surface area contributed by atoms with Gasteiger partial charge in [-0.15, -0.1) is 0 Å². The molecule has 0 aliphatic carbocycles. The maximum atomic E-state index is 11.3. The third kappa shape index (κ3) is 1.18. The van der Waals surface area contributed by atoms with E-state index in [-0.39, 0.29) is 5.91 Å². The van der Waals surface area contributed by atoms with E-state index in [4.69, 9.17) is 0 Å². The van der Waals surface area contributed by atoms with Crippen molar-refractivity contribution in [2.45, 2.75) is 20.8 Å². The van der Waals surface area contributed by atoms with Crippen LogP contribution in [0.1, 0.15) is 20.8 Å². The number of allylic oxidation sites excluding steroid dienone is 1. The Morgan fingerprint density at radius 2 is 2.00 bits per heavy atom. The van der Waals surface area contributed by atoms with Gasteiger partial charge >= 0.3 is 0 Å². The highest BCUT2D eigenvalue weighted by molar-refractivity contribution is 6.11. The number of hydrogen-bond donors (Lipinski definition) is 0. The Bertz CT molecular complexity index is 259. The zero-order chi connectivity index (χ0) is 8.59. The number of nitrogens with zero attached hydrogens (tertiary/aromatic N) is 2. The van der Waals surface area contributed by atoms with E-state index in [0.29, 0.717) is 5.70 Å². The molecule has 3 nitrogen and oxygen atoms in total. The van der Waals surface area contributed by atoms with Crippen LogP contribution in [0.3, 0.4) is 0 Å². The van der Waals surface area contributed by atoms with Gasteiger partial charge in [0.15, 0.2) is 0 Å². The predicted molar refractivity (Wildman–Crippen MR) is 44.3 cm³/mol. The number of carbonyl (C=O) groups is 1. The van der Waals surface area contributed by atoms with Gasteiger partial charge < -0.3 is 0 Å². The standard InChI is InChI=1S/C8H12N2O/c1-5(2)7-8(11)10(4)6(3)9-7/h1-4H3. The number of aliphatic imine (C=N–C) groups is 1. The first kappa shape index (κ1) is 7.98. The van der Waals surface area contributed by atoms with E-state index in [1.54, 1.807) is 11.9 Å². The van der Waals surface area contributed by atoms with Crippen LogP contribution in [0.5, 0.6) is 0 Å². The molecule has 0 unspecified atom stereocenters. The van der Waals surface area contributed by atoms with Crippen molar-refractivity contribution in [3.05, 3.63) is 11.3 Å². The van der Waals surface area contributed by atoms with Crippen molar-refractivity contribution in [3.63, 3.8) is 0 Å². The van der Waals surface area contributed by atoms with Gasteiger partial charge in [-0.25, -0.2) is 4.99 Å². The number of carbonyl (C=O) groups excluding carboxylic acids is 1. The molecular weight excluding hydrogens is 140 g/mol. The van der Waals surface area contributed by atoms with Crippen LogP contribution in [0.4, 0.5) is 0 Å². The average Bonchev–Trinajstić information content (AvgIpc) is 2.17. The third-order valence-corrected chi connectivity index (χ3v) is 1.74. The number of rotatable bonds is 0. The third-order valence-electron chi connectivity index (χ3n) is 1.74. The van der Waals surface area contributed by atoms with Crippen molar-refractivity contribution >= 4 is 11.7 Å². The summed E-state index contributed by atoms with van der Waals surface area (Å²) in [6.45, 7) is 5.61. The Balaban J connectivity index is 3.09. The largest absolute Gasteiger partial charge is 0.298 e. The maximum absolute atomic E-state index is 11.3. The van der Waals surface area contributed by atoms with Crippen molar-refractivity contribution in [1.29, 1.82) is 0 Å². The minimum atomic E-state index is 0.00231. The first-order valence-corrected chi connectivity index (χ1v) is 3.55. The molecule has 60 valence electrons. The van der Waals surface area contributed by atoms with E-state index in [1.165, 1.54) is 0 Å². The topological polar surface area (TPSA) is 32.7 Å². The zero-order valence-electron chi connectivity index (χ0n) is 7.30. The summed E-state index contributed by atoms with van der Waals surface area (Å²) >= 11 is 0. The second kappa shape index (κ2) is 2.49. The molecule has 1 amide bonds. The van der Waals surface area contributed by atoms with Crippen LogP contribution < -0.4 is 0 Å². The molecule has 1 heterocycles. The normalized spacial score (nSPS) is 17.5. The number of amidine groups is 1. The van der Waals surface area contributed by atoms with Crippen LogP contribution in [-0.2, 0) is 4.79 Å². The molecule has 0 spiro atoms. The van der Waals surface area contributed by atoms with E-state index in [2.05, 4.69) is 4.99 Å². The summed E-state index contributed by atoms with van der Waals surface area (Å²) < 4.78 is 0. The van der Waals surface area contributed by atoms with Crippen molar-refractivity contribution < 1.29 is 4.79 Å². The second-order valence-electron chi connectivity index (χ2n) is 2.87. The van der Waals surface area contributed by atoms with Crippen molar-refractivity contribution in [3.8, 4) is 0 Å². The summed E-state index contributed by atoms with van der Waals surface area (Å²) in [5, 5.41) is 0. The van der Waals surface area contributed by atoms with Crippen molar-refractivity contribution in [2.24, 2.45) is 4.99 Å². The van der Waals surface area contributed by atoms with Gasteiger partial charge in [0.25, 0.3) is 5.91 Å². The molecule has 1 aliphatic heterocycles. The Hall–Kier alpha value is -1.12. The van der Waals surface area contributed by atoms with Crippen LogP contribution in [0.2, 0.25) is 0 Å². The predicted octanol–water partition coefficient (Wildman–Crippen LogP) is 1.17. The van der Waals surface area contributed by atoms with Crippen molar-refractivity contribution in [1.82, 2.24) is 4.90 Å². The van der Waals surface area contributed by atoms with Crippen LogP contribution in [0.15, 0.2) is 16.3 Å². The van der Waals surface area contributed by atoms with Crippen LogP contribution >= 0.6 is 0 Å². The number of likely N-dealkylation sites (N-methyl/N-ethyl adjacent to an activating group) is 1. The SMILES string of the molecule is CC1=NC(=C(C)C)C(=O)N1C. The van der Waals surface area contributed by atoms with E-state index in [0.717, 1.165) is 11.4 Å². The molecular formula is C8H12N2O. The summed E-state index contributed by atoms with van der Waals surface area (Å²) in [6.07, 6.45) is 0. The Labute approximate surface area is 66.4 Å². The van der Waals surface area contributed by atoms with E-state index >= 15 is 0 Å². The van der Waals surface area contributed by atoms with Gasteiger partial charge in [-0.3, -0.25) is 9.69 Å². The van der Waals surface area contributed by atoms with Gasteiger partial charge in [-0.05, 0) is 26.3 Å². The molecule has 1 rings (SSSR count). The van der Waals surface area contributed by atoms with Gasteiger partial charge in [-0.1, -0.05) is 0 Å². The summed E-state index contributed by atoms with van der Waals surface area (Å²) in [4.78, 5) is 17.0. The molecule has 1 aliphatic rings. The van der Waals surface area contributed by atoms with Crippen LogP contribution in [0, 0.1) is 0 Å². The fourth-order valence-electron chi connectivity index (χ4n) is 0.916. The lowest BCUT2D eigenvalue weighted by molar-refractivity contribution is -0.121. The minimum Gasteiger partial charge on any atom is -0.298 e. The molecule has 0 saturated carbocycles. The Morgan fingerprint density at radius 1 is 1.45 bits per heavy atom. The zero-order valence-corrected chi connectivity index (χ0v) is 7.30. The quantitative estimate of drug-likeness (QED) is 0.479. The van der Waals surface area contributed by atoms with Crippen LogP contribution in [0.25, 0.3) is 0 Å². The first-order valence-electron chi connectivity index (χ1n) is 3.55. The average molecular weight is 152 g/mol. The highest BCUT2D eigenvalue weighted by Gasteiger charge is 2.24. The summed E-state index contributed by atoms with van der Waals surface area (Å²) in [5.41, 5.74) is 1.56. The number of hydrogen-bond acceptors (Lipinski definition) is 2. The summed E-state index contributed by atoms with van der Waals surface area (Å²) in [7, 11) is 1.73. The smallest absolute Gasteiger partial charge is 0.277 e. The van der Waals surface area contributed by atoms with Gasteiger partial charge in [0, 0.05) is 7.05 Å². The van der Waals surface area contributed by atoms with Gasteiger partial charge in [0.1, 0.15) is 11.5 Å². The molecule has 0 atom stereocenters. The lowest BCUT2D eigenvalue weighted by Crippen LogP contribution is -2.25. The molecule has 0 radical (unpaired) electrons. The van der Waals surface area contributed by atoms with E-state index < -0.39 is 0 Å². The van der Waals surface area contributed by atoms with Gasteiger partial charge in [0.05, 0.1) is 0 Å². The van der Waals surface area contributed by atoms with E-state index in [1.807, 2.05) is 20.8 Å². The minimum absolute atomic E-state index is 0.00231. The lowest BCUT2D eigenvalue weighted by atomic mass is 10.2.